The van der Waals surface area contributed by atoms with Crippen LogP contribution in [0.15, 0.2) is 53.2 Å². The maximum atomic E-state index is 13.7. The molecule has 1 amide bonds. The molecule has 0 aromatic heterocycles. The van der Waals surface area contributed by atoms with Gasteiger partial charge in [-0.15, -0.1) is 0 Å². The quantitative estimate of drug-likeness (QED) is 0.879. The molecule has 5 nitrogen and oxygen atoms in total. The number of amidine groups is 1. The molecule has 3 rings (SSSR count). The first-order valence-electron chi connectivity index (χ1n) is 7.20. The molecule has 0 atom stereocenters. The molecule has 24 heavy (non-hydrogen) atoms. The van der Waals surface area contributed by atoms with E-state index in [1.807, 2.05) is 0 Å². The Balaban J connectivity index is 1.99. The molecule has 0 radical (unpaired) electrons. The van der Waals surface area contributed by atoms with Crippen molar-refractivity contribution in [1.82, 2.24) is 5.32 Å². The van der Waals surface area contributed by atoms with Crippen LogP contribution in [0.25, 0.3) is 6.08 Å². The van der Waals surface area contributed by atoms with E-state index in [4.69, 9.17) is 9.47 Å². The molecule has 0 aliphatic carbocycles. The lowest BCUT2D eigenvalue weighted by Crippen LogP contribution is -2.24. The van der Waals surface area contributed by atoms with Crippen molar-refractivity contribution < 1.29 is 18.7 Å². The van der Waals surface area contributed by atoms with Crippen LogP contribution < -0.4 is 14.8 Å². The molecule has 0 unspecified atom stereocenters. The molecule has 0 spiro atoms. The molecular weight excluding hydrogens is 311 g/mol. The summed E-state index contributed by atoms with van der Waals surface area (Å²) < 4.78 is 24.1. The number of aliphatic imine (C=N–C) groups is 1. The molecule has 1 heterocycles. The normalized spacial score (nSPS) is 15.2. The highest BCUT2D eigenvalue weighted by Gasteiger charge is 2.22. The molecule has 2 aromatic rings. The van der Waals surface area contributed by atoms with E-state index in [1.54, 1.807) is 36.4 Å². The topological polar surface area (TPSA) is 59.9 Å². The van der Waals surface area contributed by atoms with Crippen LogP contribution in [0.3, 0.4) is 0 Å². The average Bonchev–Trinajstić information content (AvgIpc) is 2.97. The molecular formula is C18H15FN2O3. The second-order valence-electron chi connectivity index (χ2n) is 5.07. The summed E-state index contributed by atoms with van der Waals surface area (Å²) in [6.45, 7) is 0. The molecule has 0 fully saturated rings. The lowest BCUT2D eigenvalue weighted by molar-refractivity contribution is -0.115. The number of nitrogens with zero attached hydrogens (tertiary/aromatic N) is 1. The Labute approximate surface area is 138 Å². The summed E-state index contributed by atoms with van der Waals surface area (Å²) in [5.74, 6) is 0.708. The van der Waals surface area contributed by atoms with Gasteiger partial charge in [0.2, 0.25) is 0 Å². The van der Waals surface area contributed by atoms with E-state index >= 15 is 0 Å². The van der Waals surface area contributed by atoms with E-state index < -0.39 is 11.7 Å². The summed E-state index contributed by atoms with van der Waals surface area (Å²) in [4.78, 5) is 16.4. The Morgan fingerprint density at radius 1 is 1.08 bits per heavy atom. The zero-order valence-corrected chi connectivity index (χ0v) is 13.2. The number of methoxy groups -OCH3 is 2. The van der Waals surface area contributed by atoms with Crippen LogP contribution in [0.5, 0.6) is 11.5 Å². The van der Waals surface area contributed by atoms with Gasteiger partial charge in [0.25, 0.3) is 5.91 Å². The van der Waals surface area contributed by atoms with Crippen molar-refractivity contribution in [2.45, 2.75) is 0 Å². The minimum atomic E-state index is -0.413. The van der Waals surface area contributed by atoms with Gasteiger partial charge in [-0.3, -0.25) is 4.79 Å². The van der Waals surface area contributed by atoms with E-state index in [9.17, 15) is 9.18 Å². The Hall–Kier alpha value is -3.15. The van der Waals surface area contributed by atoms with Crippen molar-refractivity contribution in [2.24, 2.45) is 4.99 Å². The van der Waals surface area contributed by atoms with Crippen molar-refractivity contribution in [3.8, 4) is 11.5 Å². The summed E-state index contributed by atoms with van der Waals surface area (Å²) in [6, 6.07) is 11.4. The number of hydrogen-bond acceptors (Lipinski definition) is 4. The third-order valence-corrected chi connectivity index (χ3v) is 3.52. The minimum absolute atomic E-state index is 0.136. The van der Waals surface area contributed by atoms with Gasteiger partial charge in [-0.2, -0.15) is 0 Å². The van der Waals surface area contributed by atoms with Gasteiger partial charge in [-0.1, -0.05) is 18.2 Å². The summed E-state index contributed by atoms with van der Waals surface area (Å²) in [5, 5.41) is 2.67. The number of carbonyl (C=O) groups is 1. The molecule has 2 aromatic carbocycles. The lowest BCUT2D eigenvalue weighted by atomic mass is 10.2. The summed E-state index contributed by atoms with van der Waals surface area (Å²) in [6.07, 6.45) is 1.41. The maximum absolute atomic E-state index is 13.7. The van der Waals surface area contributed by atoms with Gasteiger partial charge in [0.05, 0.1) is 14.2 Å². The number of amides is 1. The van der Waals surface area contributed by atoms with Gasteiger partial charge in [-0.05, 0) is 24.3 Å². The standard InChI is InChI=1S/C18H15FN2O3/c1-23-13-7-12(8-14(10-13)24-2)17-20-16(18(22)21-17)9-11-5-3-4-6-15(11)19/h3-10H,1-2H3,(H,20,21,22)/b16-9-. The van der Waals surface area contributed by atoms with Gasteiger partial charge < -0.3 is 14.8 Å². The zero-order chi connectivity index (χ0) is 17.1. The van der Waals surface area contributed by atoms with Crippen LogP contribution in [0.1, 0.15) is 11.1 Å². The Morgan fingerprint density at radius 2 is 1.75 bits per heavy atom. The summed E-state index contributed by atoms with van der Waals surface area (Å²) in [5.41, 5.74) is 1.07. The predicted octanol–water partition coefficient (Wildman–Crippen LogP) is 2.76. The van der Waals surface area contributed by atoms with Crippen molar-refractivity contribution in [1.29, 1.82) is 0 Å². The van der Waals surface area contributed by atoms with Crippen LogP contribution >= 0.6 is 0 Å². The van der Waals surface area contributed by atoms with E-state index in [-0.39, 0.29) is 5.70 Å². The number of carbonyl (C=O) groups excluding carboxylic acids is 1. The van der Waals surface area contributed by atoms with Gasteiger partial charge in [-0.25, -0.2) is 9.38 Å². The van der Waals surface area contributed by atoms with E-state index in [1.165, 1.54) is 26.4 Å². The highest BCUT2D eigenvalue weighted by molar-refractivity contribution is 6.20. The van der Waals surface area contributed by atoms with Crippen molar-refractivity contribution in [2.75, 3.05) is 14.2 Å². The number of ether oxygens (including phenoxy) is 2. The monoisotopic (exact) mass is 326 g/mol. The number of halogens is 1. The molecule has 0 bridgehead atoms. The molecule has 6 heteroatoms. The Bertz CT molecular complexity index is 837. The molecule has 1 aliphatic rings. The van der Waals surface area contributed by atoms with Gasteiger partial charge in [0.1, 0.15) is 28.8 Å². The third-order valence-electron chi connectivity index (χ3n) is 3.52. The fourth-order valence-corrected chi connectivity index (χ4v) is 2.29. The van der Waals surface area contributed by atoms with E-state index in [2.05, 4.69) is 10.3 Å². The number of benzene rings is 2. The minimum Gasteiger partial charge on any atom is -0.497 e. The zero-order valence-electron chi connectivity index (χ0n) is 13.2. The molecule has 0 saturated carbocycles. The summed E-state index contributed by atoms with van der Waals surface area (Å²) in [7, 11) is 3.08. The van der Waals surface area contributed by atoms with Crippen molar-refractivity contribution >= 4 is 17.8 Å². The largest absolute Gasteiger partial charge is 0.497 e. The van der Waals surface area contributed by atoms with Gasteiger partial charge in [0, 0.05) is 17.2 Å². The fraction of sp³-hybridized carbons (Fsp3) is 0.111. The highest BCUT2D eigenvalue weighted by atomic mass is 19.1. The second-order valence-corrected chi connectivity index (χ2v) is 5.07. The van der Waals surface area contributed by atoms with E-state index in [0.29, 0.717) is 28.5 Å². The second kappa shape index (κ2) is 6.54. The Morgan fingerprint density at radius 3 is 2.38 bits per heavy atom. The highest BCUT2D eigenvalue weighted by Crippen LogP contribution is 2.24. The van der Waals surface area contributed by atoms with Crippen molar-refractivity contribution in [3.05, 3.63) is 65.1 Å². The molecule has 0 saturated heterocycles. The average molecular weight is 326 g/mol. The number of nitrogens with one attached hydrogen (secondary N) is 1. The lowest BCUT2D eigenvalue weighted by Gasteiger charge is -2.08. The molecule has 122 valence electrons. The third kappa shape index (κ3) is 3.12. The molecule has 1 aliphatic heterocycles. The summed E-state index contributed by atoms with van der Waals surface area (Å²) >= 11 is 0. The number of rotatable bonds is 4. The van der Waals surface area contributed by atoms with Crippen LogP contribution in [-0.2, 0) is 4.79 Å². The first-order valence-corrected chi connectivity index (χ1v) is 7.20. The first kappa shape index (κ1) is 15.7. The van der Waals surface area contributed by atoms with Crippen molar-refractivity contribution in [3.63, 3.8) is 0 Å². The van der Waals surface area contributed by atoms with Gasteiger partial charge in [0.15, 0.2) is 0 Å². The van der Waals surface area contributed by atoms with Crippen LogP contribution in [0.4, 0.5) is 4.39 Å². The van der Waals surface area contributed by atoms with Crippen LogP contribution in [0.2, 0.25) is 0 Å². The van der Waals surface area contributed by atoms with Gasteiger partial charge >= 0.3 is 0 Å². The Kier molecular flexibility index (Phi) is 4.29. The smallest absolute Gasteiger partial charge is 0.275 e. The van der Waals surface area contributed by atoms with E-state index in [0.717, 1.165) is 0 Å². The fourth-order valence-electron chi connectivity index (χ4n) is 2.29. The van der Waals surface area contributed by atoms with Crippen LogP contribution in [-0.4, -0.2) is 26.0 Å². The predicted molar refractivity (Wildman–Crippen MR) is 88.6 cm³/mol. The first-order chi connectivity index (χ1) is 11.6. The maximum Gasteiger partial charge on any atom is 0.275 e. The molecule has 1 N–H and O–H groups in total. The number of hydrogen-bond donors (Lipinski definition) is 1. The van der Waals surface area contributed by atoms with Crippen LogP contribution in [0, 0.1) is 5.82 Å². The SMILES string of the molecule is COc1cc(OC)cc(C2=N/C(=C\c3ccccc3F)C(=O)N2)c1.